The van der Waals surface area contributed by atoms with Crippen LogP contribution in [0.25, 0.3) is 0 Å². The molecule has 1 aromatic rings. The van der Waals surface area contributed by atoms with E-state index in [-0.39, 0.29) is 36.3 Å². The van der Waals surface area contributed by atoms with Crippen LogP contribution in [0.4, 0.5) is 9.59 Å². The van der Waals surface area contributed by atoms with E-state index in [9.17, 15) is 19.2 Å². The molecule has 4 amide bonds. The molecule has 0 spiro atoms. The molecule has 3 saturated carbocycles. The molecule has 4 unspecified atom stereocenters. The lowest BCUT2D eigenvalue weighted by atomic mass is 9.43. The average molecular weight is 749 g/mol. The molecule has 4 heterocycles. The number of benzene rings is 1. The first-order valence-corrected chi connectivity index (χ1v) is 20.6. The molecule has 1 aromatic carbocycles. The van der Waals surface area contributed by atoms with Gasteiger partial charge in [0, 0.05) is 19.5 Å². The Hall–Kier alpha value is -3.32. The van der Waals surface area contributed by atoms with Crippen molar-refractivity contribution in [1.82, 2.24) is 20.4 Å². The van der Waals surface area contributed by atoms with Crippen LogP contribution in [0, 0.1) is 17.3 Å². The van der Waals surface area contributed by atoms with Gasteiger partial charge >= 0.3 is 19.3 Å². The van der Waals surface area contributed by atoms with Gasteiger partial charge in [-0.2, -0.15) is 0 Å². The Bertz CT molecular complexity index is 1560. The molecule has 0 radical (unpaired) electrons. The number of carbonyl (C=O) groups is 4. The maximum atomic E-state index is 14.5. The van der Waals surface area contributed by atoms with Gasteiger partial charge in [-0.25, -0.2) is 9.59 Å². The Morgan fingerprint density at radius 2 is 1.57 bits per heavy atom. The summed E-state index contributed by atoms with van der Waals surface area (Å²) in [5.41, 5.74) is 1.17. The maximum Gasteiger partial charge on any atom is 0.481 e. The molecular weight excluding hydrogens is 687 g/mol. The summed E-state index contributed by atoms with van der Waals surface area (Å²) in [6.07, 6.45) is 8.22. The van der Waals surface area contributed by atoms with Gasteiger partial charge in [0.05, 0.1) is 24.2 Å². The second-order valence-electron chi connectivity index (χ2n) is 18.6. The number of ether oxygens (including phenoxy) is 2. The Balaban J connectivity index is 1.12. The van der Waals surface area contributed by atoms with E-state index in [4.69, 9.17) is 18.8 Å². The van der Waals surface area contributed by atoms with Crippen LogP contribution < -0.4 is 10.6 Å². The zero-order chi connectivity index (χ0) is 38.4. The standard InChI is InChI=1S/C41H61BN4O8/c1-39(2,3)52-37(49)43-30-18-12-10-8-7-9-11-13-19-34(42-53-33-21-28-20-32(40(28,4)5)41(33,6)54-42)44-35(47)31-22-29(25-46(31)36(30)48)51-38(50)45-23-26-16-14-15-17-27(26)24-45/h14-17,28-34H,7-13,18-25H2,1-6H3,(H,43,49)(H,44,47)/t28?,29-,30+,31+,32?,33?,34-,41?/m1/s1. The van der Waals surface area contributed by atoms with Crippen LogP contribution in [0.3, 0.4) is 0 Å². The molecule has 6 fully saturated rings. The molecule has 7 aliphatic rings. The van der Waals surface area contributed by atoms with Gasteiger partial charge in [0.25, 0.3) is 0 Å². The SMILES string of the molecule is CC(C)(C)OC(=O)N[C@H]1CCCCCCCCC[C@H](B2OC3CC4CC(C4(C)C)C3(C)O2)NC(=O)[C@@H]2C[C@@H](OC(=O)N3Cc4ccccc4C3)CN2C1=O. The summed E-state index contributed by atoms with van der Waals surface area (Å²) in [6.45, 7) is 13.1. The molecule has 3 saturated heterocycles. The minimum atomic E-state index is -0.921. The monoisotopic (exact) mass is 748 g/mol. The second kappa shape index (κ2) is 15.3. The van der Waals surface area contributed by atoms with E-state index in [1.54, 1.807) is 25.7 Å². The summed E-state index contributed by atoms with van der Waals surface area (Å²) in [7, 11) is -0.601. The van der Waals surface area contributed by atoms with Crippen LogP contribution in [0.2, 0.25) is 0 Å². The maximum absolute atomic E-state index is 14.5. The predicted molar refractivity (Wildman–Crippen MR) is 203 cm³/mol. The van der Waals surface area contributed by atoms with Crippen molar-refractivity contribution in [3.05, 3.63) is 35.4 Å². The molecule has 0 aromatic heterocycles. The van der Waals surface area contributed by atoms with Crippen molar-refractivity contribution in [1.29, 1.82) is 0 Å². The van der Waals surface area contributed by atoms with Gasteiger partial charge in [0.1, 0.15) is 23.8 Å². The van der Waals surface area contributed by atoms with Crippen molar-refractivity contribution in [2.45, 2.75) is 173 Å². The molecule has 8 rings (SSSR count). The topological polar surface area (TPSA) is 136 Å². The van der Waals surface area contributed by atoms with Crippen molar-refractivity contribution >= 4 is 31.1 Å². The smallest absolute Gasteiger partial charge is 0.444 e. The normalized spacial score (nSPS) is 34.3. The third-order valence-electron chi connectivity index (χ3n) is 13.3. The number of carbonyl (C=O) groups excluding carboxylic acids is 4. The fourth-order valence-electron chi connectivity index (χ4n) is 10.2. The number of amides is 4. The fraction of sp³-hybridized carbons (Fsp3) is 0.756. The third kappa shape index (κ3) is 7.99. The summed E-state index contributed by atoms with van der Waals surface area (Å²) in [5, 5.41) is 6.12. The zero-order valence-corrected chi connectivity index (χ0v) is 33.2. The minimum Gasteiger partial charge on any atom is -0.444 e. The lowest BCUT2D eigenvalue weighted by Gasteiger charge is -2.64. The Morgan fingerprint density at radius 3 is 2.22 bits per heavy atom. The van der Waals surface area contributed by atoms with E-state index < -0.39 is 54.6 Å². The Kier molecular flexibility index (Phi) is 11.0. The molecule has 296 valence electrons. The van der Waals surface area contributed by atoms with E-state index in [1.165, 1.54) is 4.90 Å². The number of rotatable bonds is 3. The van der Waals surface area contributed by atoms with E-state index in [0.717, 1.165) is 68.9 Å². The summed E-state index contributed by atoms with van der Waals surface area (Å²) in [5.74, 6) is -0.141. The first-order valence-electron chi connectivity index (χ1n) is 20.6. The van der Waals surface area contributed by atoms with E-state index in [0.29, 0.717) is 37.8 Å². The molecule has 4 aliphatic heterocycles. The minimum absolute atomic E-state index is 0.0266. The molecule has 12 nitrogen and oxygen atoms in total. The highest BCUT2D eigenvalue weighted by atomic mass is 16.7. The lowest BCUT2D eigenvalue weighted by molar-refractivity contribution is -0.199. The largest absolute Gasteiger partial charge is 0.481 e. The van der Waals surface area contributed by atoms with Gasteiger partial charge in [-0.1, -0.05) is 83.1 Å². The van der Waals surface area contributed by atoms with E-state index >= 15 is 0 Å². The molecule has 2 N–H and O–H groups in total. The summed E-state index contributed by atoms with van der Waals surface area (Å²) >= 11 is 0. The third-order valence-corrected chi connectivity index (χ3v) is 13.3. The highest BCUT2D eigenvalue weighted by molar-refractivity contribution is 6.48. The van der Waals surface area contributed by atoms with Gasteiger partial charge in [-0.3, -0.25) is 14.5 Å². The second-order valence-corrected chi connectivity index (χ2v) is 18.6. The number of hydrogen-bond acceptors (Lipinski definition) is 8. The van der Waals surface area contributed by atoms with Gasteiger partial charge in [-0.05, 0) is 81.8 Å². The van der Waals surface area contributed by atoms with Crippen LogP contribution >= 0.6 is 0 Å². The first-order chi connectivity index (χ1) is 25.6. The van der Waals surface area contributed by atoms with Crippen molar-refractivity contribution in [2.24, 2.45) is 17.3 Å². The van der Waals surface area contributed by atoms with Crippen LogP contribution in [0.1, 0.15) is 130 Å². The van der Waals surface area contributed by atoms with E-state index in [1.807, 2.05) is 24.3 Å². The van der Waals surface area contributed by atoms with Crippen LogP contribution in [-0.2, 0) is 41.5 Å². The zero-order valence-electron chi connectivity index (χ0n) is 33.2. The summed E-state index contributed by atoms with van der Waals surface area (Å²) < 4.78 is 25.2. The molecule has 8 atom stereocenters. The van der Waals surface area contributed by atoms with Gasteiger partial charge in [0.15, 0.2) is 0 Å². The first kappa shape index (κ1) is 38.9. The highest BCUT2D eigenvalue weighted by Crippen LogP contribution is 2.65. The van der Waals surface area contributed by atoms with Crippen molar-refractivity contribution < 1.29 is 38.0 Å². The Labute approximate surface area is 321 Å². The average Bonchev–Trinajstić information content (AvgIpc) is 3.83. The predicted octanol–water partition coefficient (Wildman–Crippen LogP) is 6.28. The van der Waals surface area contributed by atoms with Crippen molar-refractivity contribution in [2.75, 3.05) is 6.54 Å². The van der Waals surface area contributed by atoms with Crippen LogP contribution in [0.15, 0.2) is 24.3 Å². The van der Waals surface area contributed by atoms with Crippen LogP contribution in [-0.4, -0.2) is 88.9 Å². The van der Waals surface area contributed by atoms with Gasteiger partial charge < -0.3 is 34.3 Å². The fourth-order valence-corrected chi connectivity index (χ4v) is 10.2. The molecule has 54 heavy (non-hydrogen) atoms. The van der Waals surface area contributed by atoms with Gasteiger partial charge in [-0.15, -0.1) is 0 Å². The molecule has 2 bridgehead atoms. The summed E-state index contributed by atoms with van der Waals surface area (Å²) in [6, 6.07) is 6.10. The lowest BCUT2D eigenvalue weighted by Crippen LogP contribution is -2.65. The Morgan fingerprint density at radius 1 is 0.926 bits per heavy atom. The molecular formula is C41H61BN4O8. The number of alkyl carbamates (subject to hydrolysis) is 1. The van der Waals surface area contributed by atoms with E-state index in [2.05, 4.69) is 31.4 Å². The van der Waals surface area contributed by atoms with Crippen molar-refractivity contribution in [3.8, 4) is 0 Å². The number of nitrogens with one attached hydrogen (secondary N) is 2. The quantitative estimate of drug-likeness (QED) is 0.345. The highest BCUT2D eigenvalue weighted by Gasteiger charge is 2.68. The molecule has 13 heteroatoms. The van der Waals surface area contributed by atoms with Crippen molar-refractivity contribution in [3.63, 3.8) is 0 Å². The number of nitrogens with zero attached hydrogens (tertiary/aromatic N) is 2. The van der Waals surface area contributed by atoms with Crippen LogP contribution in [0.5, 0.6) is 0 Å². The van der Waals surface area contributed by atoms with Gasteiger partial charge in [0.2, 0.25) is 11.8 Å². The summed E-state index contributed by atoms with van der Waals surface area (Å²) in [4.78, 5) is 58.8. The molecule has 3 aliphatic carbocycles. The number of hydrogen-bond donors (Lipinski definition) is 2. The number of fused-ring (bicyclic) bond motifs is 2.